The number of carboxylic acids is 1. The van der Waals surface area contributed by atoms with E-state index in [-0.39, 0.29) is 24.0 Å². The minimum Gasteiger partial charge on any atom is -0.480 e. The molecule has 180 valence electrons. The summed E-state index contributed by atoms with van der Waals surface area (Å²) in [4.78, 5) is 54.4. The number of nitrogens with zero attached hydrogens (tertiary/aromatic N) is 2. The number of rotatable bonds is 6. The van der Waals surface area contributed by atoms with Gasteiger partial charge in [0.1, 0.15) is 12.1 Å². The summed E-state index contributed by atoms with van der Waals surface area (Å²) in [6, 6.07) is 21.6. The van der Waals surface area contributed by atoms with Gasteiger partial charge in [-0.15, -0.1) is 0 Å². The minimum atomic E-state index is -1.19. The maximum atomic E-state index is 13.8. The summed E-state index contributed by atoms with van der Waals surface area (Å²) in [5, 5.41) is 9.70. The minimum absolute atomic E-state index is 0.0655. The van der Waals surface area contributed by atoms with E-state index in [2.05, 4.69) is 0 Å². The molecular weight excluding hydrogens is 456 g/mol. The molecule has 0 saturated heterocycles. The topological polar surface area (TPSA) is 95.0 Å². The van der Waals surface area contributed by atoms with Crippen LogP contribution < -0.4 is 0 Å². The number of allylic oxidation sites excluding steroid dienone is 1. The number of hydrogen-bond donors (Lipinski definition) is 1. The molecule has 0 aromatic heterocycles. The van der Waals surface area contributed by atoms with Gasteiger partial charge in [-0.25, -0.2) is 4.79 Å². The van der Waals surface area contributed by atoms with Crippen molar-refractivity contribution in [1.29, 1.82) is 0 Å². The molecule has 3 amide bonds. The lowest BCUT2D eigenvalue weighted by Gasteiger charge is -2.34. The van der Waals surface area contributed by atoms with Gasteiger partial charge in [0.15, 0.2) is 0 Å². The lowest BCUT2D eigenvalue weighted by molar-refractivity contribution is -0.149. The highest BCUT2D eigenvalue weighted by molar-refractivity contribution is 6.23. The molecule has 2 unspecified atom stereocenters. The van der Waals surface area contributed by atoms with Crippen molar-refractivity contribution in [1.82, 2.24) is 9.80 Å². The van der Waals surface area contributed by atoms with Gasteiger partial charge >= 0.3 is 5.97 Å². The van der Waals surface area contributed by atoms with Crippen LogP contribution in [0.5, 0.6) is 0 Å². The Morgan fingerprint density at radius 1 is 0.833 bits per heavy atom. The third-order valence-electron chi connectivity index (χ3n) is 6.66. The summed E-state index contributed by atoms with van der Waals surface area (Å²) in [7, 11) is 0. The van der Waals surface area contributed by atoms with Crippen LogP contribution in [0.4, 0.5) is 0 Å². The maximum Gasteiger partial charge on any atom is 0.326 e. The molecule has 2 heterocycles. The summed E-state index contributed by atoms with van der Waals surface area (Å²) in [6.45, 7) is 0. The molecule has 2 aliphatic rings. The van der Waals surface area contributed by atoms with Gasteiger partial charge in [0.2, 0.25) is 0 Å². The second-order valence-corrected chi connectivity index (χ2v) is 8.87. The monoisotopic (exact) mass is 480 g/mol. The Morgan fingerprint density at radius 3 is 2.03 bits per heavy atom. The third-order valence-corrected chi connectivity index (χ3v) is 6.66. The number of benzene rings is 3. The third kappa shape index (κ3) is 4.20. The quantitative estimate of drug-likeness (QED) is 0.535. The molecule has 3 aromatic carbocycles. The highest BCUT2D eigenvalue weighted by Gasteiger charge is 2.45. The molecule has 0 aliphatic carbocycles. The van der Waals surface area contributed by atoms with Gasteiger partial charge in [0.05, 0.1) is 11.1 Å². The summed E-state index contributed by atoms with van der Waals surface area (Å²) >= 11 is 0. The van der Waals surface area contributed by atoms with Crippen molar-refractivity contribution in [2.24, 2.45) is 0 Å². The lowest BCUT2D eigenvalue weighted by Crippen LogP contribution is -2.54. The summed E-state index contributed by atoms with van der Waals surface area (Å²) < 4.78 is 0. The molecule has 1 N–H and O–H groups in total. The molecule has 7 heteroatoms. The first-order chi connectivity index (χ1) is 17.5. The average molecular weight is 481 g/mol. The van der Waals surface area contributed by atoms with Crippen LogP contribution in [-0.2, 0) is 16.0 Å². The van der Waals surface area contributed by atoms with Crippen molar-refractivity contribution in [2.45, 2.75) is 31.3 Å². The maximum absolute atomic E-state index is 13.8. The molecule has 2 aliphatic heterocycles. The van der Waals surface area contributed by atoms with Gasteiger partial charge < -0.3 is 10.0 Å². The van der Waals surface area contributed by atoms with Crippen molar-refractivity contribution in [3.05, 3.63) is 108 Å². The zero-order valence-corrected chi connectivity index (χ0v) is 19.4. The first-order valence-electron chi connectivity index (χ1n) is 11.8. The van der Waals surface area contributed by atoms with E-state index in [1.807, 2.05) is 54.6 Å². The van der Waals surface area contributed by atoms with Crippen molar-refractivity contribution in [2.75, 3.05) is 0 Å². The number of hydrogen-bond acceptors (Lipinski definition) is 4. The highest BCUT2D eigenvalue weighted by Crippen LogP contribution is 2.29. The molecule has 0 fully saturated rings. The van der Waals surface area contributed by atoms with Gasteiger partial charge in [0, 0.05) is 12.6 Å². The molecule has 3 aromatic rings. The summed E-state index contributed by atoms with van der Waals surface area (Å²) in [6.07, 6.45) is 4.04. The number of carboxylic acid groups (broad SMARTS) is 1. The molecule has 2 atom stereocenters. The fraction of sp³-hybridized carbons (Fsp3) is 0.172. The number of carbonyl (C=O) groups excluding carboxylic acids is 3. The van der Waals surface area contributed by atoms with E-state index in [0.717, 1.165) is 26.5 Å². The molecule has 0 radical (unpaired) electrons. The zero-order chi connectivity index (χ0) is 25.2. The molecular formula is C29H24N2O5. The second-order valence-electron chi connectivity index (χ2n) is 8.87. The van der Waals surface area contributed by atoms with Gasteiger partial charge in [-0.05, 0) is 41.7 Å². The van der Waals surface area contributed by atoms with Crippen LogP contribution in [0.25, 0.3) is 11.1 Å². The zero-order valence-electron chi connectivity index (χ0n) is 19.4. The van der Waals surface area contributed by atoms with Crippen molar-refractivity contribution in [3.63, 3.8) is 0 Å². The highest BCUT2D eigenvalue weighted by atomic mass is 16.4. The average Bonchev–Trinajstić information content (AvgIpc) is 3.17. The number of fused-ring (bicyclic) bond motifs is 1. The number of aliphatic carboxylic acids is 1. The van der Waals surface area contributed by atoms with Gasteiger partial charge in [-0.3, -0.25) is 19.3 Å². The van der Waals surface area contributed by atoms with Gasteiger partial charge in [0.25, 0.3) is 17.7 Å². The van der Waals surface area contributed by atoms with Crippen molar-refractivity contribution < 1.29 is 24.3 Å². The van der Waals surface area contributed by atoms with Crippen LogP contribution >= 0.6 is 0 Å². The Kier molecular flexibility index (Phi) is 6.21. The Bertz CT molecular complexity index is 1330. The first kappa shape index (κ1) is 23.2. The molecule has 36 heavy (non-hydrogen) atoms. The standard InChI is InChI=1S/C29H24N2O5/c32-26-22-10-4-5-11-23(22)27(33)31(26)25(28(34)30-17-7-6-12-24(30)29(35)36)18-19-13-15-21(16-14-19)20-8-2-1-3-9-20/h1-5,7-11,13-17,24-25H,6,12,18H2,(H,35,36). The smallest absolute Gasteiger partial charge is 0.326 e. The largest absolute Gasteiger partial charge is 0.480 e. The van der Waals surface area contributed by atoms with Crippen LogP contribution in [0.3, 0.4) is 0 Å². The fourth-order valence-electron chi connectivity index (χ4n) is 4.79. The Morgan fingerprint density at radius 2 is 1.42 bits per heavy atom. The van der Waals surface area contributed by atoms with E-state index < -0.39 is 35.8 Å². The van der Waals surface area contributed by atoms with E-state index in [4.69, 9.17) is 0 Å². The second kappa shape index (κ2) is 9.62. The predicted octanol–water partition coefficient (Wildman–Crippen LogP) is 4.15. The van der Waals surface area contributed by atoms with Gasteiger partial charge in [-0.1, -0.05) is 72.8 Å². The Hall–Kier alpha value is -4.52. The summed E-state index contributed by atoms with van der Waals surface area (Å²) in [5.74, 6) is -2.83. The van der Waals surface area contributed by atoms with E-state index in [0.29, 0.717) is 6.42 Å². The molecule has 0 spiro atoms. The van der Waals surface area contributed by atoms with Crippen LogP contribution in [0.15, 0.2) is 91.1 Å². The lowest BCUT2D eigenvalue weighted by atomic mass is 9.98. The van der Waals surface area contributed by atoms with E-state index >= 15 is 0 Å². The number of carbonyl (C=O) groups is 4. The van der Waals surface area contributed by atoms with Crippen molar-refractivity contribution in [3.8, 4) is 11.1 Å². The molecule has 0 saturated carbocycles. The van der Waals surface area contributed by atoms with Gasteiger partial charge in [-0.2, -0.15) is 0 Å². The molecule has 7 nitrogen and oxygen atoms in total. The molecule has 0 bridgehead atoms. The Balaban J connectivity index is 1.50. The van der Waals surface area contributed by atoms with Crippen LogP contribution in [0.2, 0.25) is 0 Å². The van der Waals surface area contributed by atoms with Crippen LogP contribution in [0.1, 0.15) is 39.1 Å². The fourth-order valence-corrected chi connectivity index (χ4v) is 4.79. The Labute approximate surface area is 208 Å². The normalized spacial score (nSPS) is 17.7. The van der Waals surface area contributed by atoms with E-state index in [1.165, 1.54) is 6.20 Å². The van der Waals surface area contributed by atoms with Crippen molar-refractivity contribution >= 4 is 23.7 Å². The summed E-state index contributed by atoms with van der Waals surface area (Å²) in [5.41, 5.74) is 3.26. The number of amides is 3. The van der Waals surface area contributed by atoms with Crippen LogP contribution in [0, 0.1) is 0 Å². The predicted molar refractivity (Wildman–Crippen MR) is 133 cm³/mol. The number of imide groups is 1. The van der Waals surface area contributed by atoms with E-state index in [1.54, 1.807) is 30.3 Å². The first-order valence-corrected chi connectivity index (χ1v) is 11.8. The molecule has 5 rings (SSSR count). The SMILES string of the molecule is O=C(O)C1CCC=CN1C(=O)C(Cc1ccc(-c2ccccc2)cc1)N1C(=O)c2ccccc2C1=O. The van der Waals surface area contributed by atoms with Crippen LogP contribution in [-0.4, -0.2) is 50.7 Å². The van der Waals surface area contributed by atoms with E-state index in [9.17, 15) is 24.3 Å².